The third kappa shape index (κ3) is 3.78. The second kappa shape index (κ2) is 8.13. The number of fused-ring (bicyclic) bond motifs is 5. The van der Waals surface area contributed by atoms with Crippen LogP contribution in [0.25, 0.3) is 0 Å². The lowest BCUT2D eigenvalue weighted by Crippen LogP contribution is -2.54. The molecule has 0 amide bonds. The highest BCUT2D eigenvalue weighted by atomic mass is 19.1. The lowest BCUT2D eigenvalue weighted by molar-refractivity contribution is -0.128. The van der Waals surface area contributed by atoms with Crippen LogP contribution in [0.5, 0.6) is 0 Å². The highest BCUT2D eigenvalue weighted by molar-refractivity contribution is 5.17. The second-order valence-electron chi connectivity index (χ2n) is 12.1. The highest BCUT2D eigenvalue weighted by Crippen LogP contribution is 2.67. The summed E-state index contributed by atoms with van der Waals surface area (Å²) in [6.45, 7) is 5.09. The van der Waals surface area contributed by atoms with Crippen LogP contribution in [0.1, 0.15) is 83.6 Å². The molecule has 9 atom stereocenters. The average molecular weight is 429 g/mol. The zero-order chi connectivity index (χ0) is 21.8. The maximum atomic E-state index is 13.2. The molecule has 4 aliphatic rings. The number of hydrogen-bond donors (Lipinski definition) is 2. The van der Waals surface area contributed by atoms with Crippen LogP contribution in [-0.2, 0) is 6.42 Å². The molecule has 4 saturated carbocycles. The van der Waals surface area contributed by atoms with Crippen molar-refractivity contribution in [1.82, 2.24) is 0 Å². The van der Waals surface area contributed by atoms with Crippen molar-refractivity contribution in [3.63, 3.8) is 0 Å². The van der Waals surface area contributed by atoms with Crippen molar-refractivity contribution in [3.8, 4) is 0 Å². The van der Waals surface area contributed by atoms with E-state index in [4.69, 9.17) is 0 Å². The van der Waals surface area contributed by atoms with Gasteiger partial charge in [0, 0.05) is 0 Å². The van der Waals surface area contributed by atoms with E-state index in [1.54, 1.807) is 0 Å². The van der Waals surface area contributed by atoms with Crippen molar-refractivity contribution in [1.29, 1.82) is 0 Å². The minimum absolute atomic E-state index is 0.0677. The molecular formula is C28H41FO2. The van der Waals surface area contributed by atoms with Crippen LogP contribution in [0.4, 0.5) is 4.39 Å². The van der Waals surface area contributed by atoms with Crippen molar-refractivity contribution in [2.45, 2.75) is 96.7 Å². The number of rotatable bonds is 4. The highest BCUT2D eigenvalue weighted by Gasteiger charge is 2.60. The normalized spacial score (nSPS) is 45.5. The van der Waals surface area contributed by atoms with Gasteiger partial charge in [-0.2, -0.15) is 0 Å². The first-order chi connectivity index (χ1) is 14.8. The van der Waals surface area contributed by atoms with E-state index in [9.17, 15) is 14.6 Å². The fraction of sp³-hybridized carbons (Fsp3) is 0.786. The zero-order valence-corrected chi connectivity index (χ0v) is 19.4. The Morgan fingerprint density at radius 2 is 1.65 bits per heavy atom. The molecule has 4 fully saturated rings. The van der Waals surface area contributed by atoms with E-state index >= 15 is 0 Å². The topological polar surface area (TPSA) is 40.5 Å². The Hall–Kier alpha value is -0.930. The molecule has 0 spiro atoms. The van der Waals surface area contributed by atoms with Crippen LogP contribution in [0.3, 0.4) is 0 Å². The fourth-order valence-electron chi connectivity index (χ4n) is 9.04. The van der Waals surface area contributed by atoms with Crippen LogP contribution in [-0.4, -0.2) is 22.4 Å². The lowest BCUT2D eigenvalue weighted by atomic mass is 9.44. The van der Waals surface area contributed by atoms with E-state index in [0.29, 0.717) is 23.2 Å². The van der Waals surface area contributed by atoms with Crippen molar-refractivity contribution in [2.24, 2.45) is 40.4 Å². The van der Waals surface area contributed by atoms with Gasteiger partial charge in [-0.25, -0.2) is 4.39 Å². The van der Waals surface area contributed by atoms with Gasteiger partial charge in [-0.1, -0.05) is 26.0 Å². The fourth-order valence-corrected chi connectivity index (χ4v) is 9.04. The Morgan fingerprint density at radius 1 is 0.935 bits per heavy atom. The molecule has 2 N–H and O–H groups in total. The molecule has 5 rings (SSSR count). The molecule has 1 aromatic carbocycles. The van der Waals surface area contributed by atoms with Crippen LogP contribution < -0.4 is 0 Å². The maximum Gasteiger partial charge on any atom is 0.123 e. The third-order valence-corrected chi connectivity index (χ3v) is 10.8. The molecule has 3 heteroatoms. The average Bonchev–Trinajstić information content (AvgIpc) is 3.06. The molecule has 0 aliphatic heterocycles. The van der Waals surface area contributed by atoms with E-state index in [-0.39, 0.29) is 18.0 Å². The van der Waals surface area contributed by atoms with Crippen LogP contribution >= 0.6 is 0 Å². The Bertz CT molecular complexity index is 778. The number of aliphatic hydroxyl groups excluding tert-OH is 2. The van der Waals surface area contributed by atoms with E-state index in [1.807, 2.05) is 12.1 Å². The largest absolute Gasteiger partial charge is 0.393 e. The van der Waals surface area contributed by atoms with Gasteiger partial charge < -0.3 is 10.2 Å². The molecule has 1 aromatic rings. The molecule has 0 heterocycles. The molecule has 0 aromatic heterocycles. The molecule has 0 saturated heterocycles. The van der Waals surface area contributed by atoms with E-state index < -0.39 is 0 Å². The second-order valence-corrected chi connectivity index (χ2v) is 12.1. The standard InChI is InChI=1S/C28H41FO2/c1-27-13-11-22(30)16-19(27)5-9-24-25-10-6-20(28(25,2)14-12-26(24)27)17-23(31)15-18-3-7-21(29)8-4-18/h3-4,7-8,19-20,22-26,30-31H,5-6,9-17H2,1-2H3/t19-,20+,22-,23+,24-,25-,26-,27-,28+/m0/s1. The molecule has 172 valence electrons. The van der Waals surface area contributed by atoms with E-state index in [2.05, 4.69) is 13.8 Å². The van der Waals surface area contributed by atoms with Gasteiger partial charge in [-0.3, -0.25) is 0 Å². The number of aliphatic hydroxyl groups is 2. The van der Waals surface area contributed by atoms with E-state index in [0.717, 1.165) is 48.5 Å². The van der Waals surface area contributed by atoms with Crippen LogP contribution in [0, 0.1) is 46.2 Å². The zero-order valence-electron chi connectivity index (χ0n) is 19.4. The quantitative estimate of drug-likeness (QED) is 0.605. The summed E-state index contributed by atoms with van der Waals surface area (Å²) in [5, 5.41) is 21.1. The number of hydrogen-bond acceptors (Lipinski definition) is 2. The lowest BCUT2D eigenvalue weighted by Gasteiger charge is -2.61. The minimum Gasteiger partial charge on any atom is -0.393 e. The SMILES string of the molecule is C[C@]12CC[C@H](O)C[C@@H]1CC[C@@H]1[C@@H]2CC[C@]2(C)[C@@H](C[C@H](O)Cc3ccc(F)cc3)CC[C@@H]12. The summed E-state index contributed by atoms with van der Waals surface area (Å²) in [5.41, 5.74) is 1.83. The molecule has 0 unspecified atom stereocenters. The smallest absolute Gasteiger partial charge is 0.123 e. The van der Waals surface area contributed by atoms with E-state index in [1.165, 1.54) is 57.1 Å². The van der Waals surface area contributed by atoms with Crippen LogP contribution in [0.15, 0.2) is 24.3 Å². The van der Waals surface area contributed by atoms with Gasteiger partial charge in [0.25, 0.3) is 0 Å². The predicted molar refractivity (Wildman–Crippen MR) is 122 cm³/mol. The summed E-state index contributed by atoms with van der Waals surface area (Å²) in [5.74, 6) is 3.59. The predicted octanol–water partition coefficient (Wildman–Crippen LogP) is 6.14. The summed E-state index contributed by atoms with van der Waals surface area (Å²) in [4.78, 5) is 0. The maximum absolute atomic E-state index is 13.2. The molecule has 4 aliphatic carbocycles. The Labute approximate surface area is 187 Å². The summed E-state index contributed by atoms with van der Waals surface area (Å²) >= 11 is 0. The van der Waals surface area contributed by atoms with Crippen molar-refractivity contribution in [3.05, 3.63) is 35.6 Å². The van der Waals surface area contributed by atoms with Gasteiger partial charge in [-0.15, -0.1) is 0 Å². The summed E-state index contributed by atoms with van der Waals surface area (Å²) in [6, 6.07) is 6.61. The minimum atomic E-state index is -0.336. The van der Waals surface area contributed by atoms with Gasteiger partial charge in [0.2, 0.25) is 0 Å². The third-order valence-electron chi connectivity index (χ3n) is 10.8. The van der Waals surface area contributed by atoms with Gasteiger partial charge >= 0.3 is 0 Å². The summed E-state index contributed by atoms with van der Waals surface area (Å²) < 4.78 is 13.2. The molecule has 31 heavy (non-hydrogen) atoms. The molecular weight excluding hydrogens is 387 g/mol. The van der Waals surface area contributed by atoms with Crippen LogP contribution in [0.2, 0.25) is 0 Å². The molecule has 2 nitrogen and oxygen atoms in total. The van der Waals surface area contributed by atoms with Crippen molar-refractivity contribution >= 4 is 0 Å². The monoisotopic (exact) mass is 428 g/mol. The Morgan fingerprint density at radius 3 is 2.42 bits per heavy atom. The van der Waals surface area contributed by atoms with Gasteiger partial charge in [0.05, 0.1) is 12.2 Å². The molecule has 0 bridgehead atoms. The first-order valence-electron chi connectivity index (χ1n) is 12.9. The van der Waals surface area contributed by atoms with Crippen molar-refractivity contribution < 1.29 is 14.6 Å². The van der Waals surface area contributed by atoms with Crippen molar-refractivity contribution in [2.75, 3.05) is 0 Å². The Balaban J connectivity index is 1.27. The Kier molecular flexibility index (Phi) is 5.74. The summed E-state index contributed by atoms with van der Waals surface area (Å²) in [7, 11) is 0. The first-order valence-corrected chi connectivity index (χ1v) is 12.9. The number of halogens is 1. The van der Waals surface area contributed by atoms with Gasteiger partial charge in [0.15, 0.2) is 0 Å². The number of benzene rings is 1. The summed E-state index contributed by atoms with van der Waals surface area (Å²) in [6.07, 6.45) is 12.2. The van der Waals surface area contributed by atoms with Gasteiger partial charge in [0.1, 0.15) is 5.82 Å². The molecule has 0 radical (unpaired) electrons. The first kappa shape index (κ1) is 21.9. The van der Waals surface area contributed by atoms with Gasteiger partial charge in [-0.05, 0) is 129 Å².